The fourth-order valence-corrected chi connectivity index (χ4v) is 3.93. The van der Waals surface area contributed by atoms with Crippen molar-refractivity contribution < 1.29 is 17.9 Å². The molecule has 1 aromatic carbocycles. The van der Waals surface area contributed by atoms with Crippen molar-refractivity contribution in [1.82, 2.24) is 14.9 Å². The summed E-state index contributed by atoms with van der Waals surface area (Å²) < 4.78 is 49.2. The minimum absolute atomic E-state index is 0.0696. The van der Waals surface area contributed by atoms with Crippen LogP contribution in [-0.4, -0.2) is 47.3 Å². The first-order chi connectivity index (χ1) is 12.9. The van der Waals surface area contributed by atoms with Crippen LogP contribution < -0.4 is 5.32 Å². The quantitative estimate of drug-likeness (QED) is 0.840. The summed E-state index contributed by atoms with van der Waals surface area (Å²) in [6.45, 7) is 2.13. The molecule has 1 fully saturated rings. The third-order valence-electron chi connectivity index (χ3n) is 5.03. The Hall–Kier alpha value is -1.90. The van der Waals surface area contributed by atoms with Crippen LogP contribution in [0.4, 0.5) is 24.7 Å². The number of benzene rings is 1. The van der Waals surface area contributed by atoms with Gasteiger partial charge in [0.2, 0.25) is 5.60 Å². The molecule has 5 nitrogen and oxygen atoms in total. The molecule has 9 heteroatoms. The molecule has 0 aliphatic carbocycles. The van der Waals surface area contributed by atoms with Crippen LogP contribution in [0, 0.1) is 0 Å². The molecule has 2 aliphatic rings. The Morgan fingerprint density at radius 3 is 2.74 bits per heavy atom. The fraction of sp³-hybridized carbons (Fsp3) is 0.444. The van der Waals surface area contributed by atoms with Gasteiger partial charge in [0.05, 0.1) is 12.2 Å². The highest BCUT2D eigenvalue weighted by molar-refractivity contribution is 6.30. The molecule has 1 N–H and O–H groups in total. The summed E-state index contributed by atoms with van der Waals surface area (Å²) >= 11 is 6.03. The van der Waals surface area contributed by atoms with Gasteiger partial charge >= 0.3 is 6.18 Å². The second-order valence-corrected chi connectivity index (χ2v) is 7.11. The number of rotatable bonds is 4. The van der Waals surface area contributed by atoms with Crippen molar-refractivity contribution in [2.24, 2.45) is 0 Å². The van der Waals surface area contributed by atoms with Crippen LogP contribution in [0.1, 0.15) is 24.0 Å². The summed E-state index contributed by atoms with van der Waals surface area (Å²) in [6, 6.07) is 4.33. The zero-order valence-corrected chi connectivity index (χ0v) is 15.1. The number of anilines is 2. The van der Waals surface area contributed by atoms with Gasteiger partial charge in [-0.3, -0.25) is 0 Å². The zero-order valence-electron chi connectivity index (χ0n) is 14.4. The highest BCUT2D eigenvalue weighted by atomic mass is 35.5. The first-order valence-corrected chi connectivity index (χ1v) is 9.10. The summed E-state index contributed by atoms with van der Waals surface area (Å²) in [7, 11) is 0. The SMILES string of the molecule is FC(F)(F)C1(OCCN2CCCC2)c2cc(Cl)ccc2Nc2ncncc21. The normalized spacial score (nSPS) is 22.2. The lowest BCUT2D eigenvalue weighted by molar-refractivity contribution is -0.267. The number of halogens is 4. The minimum atomic E-state index is -4.72. The molecule has 0 amide bonds. The first-order valence-electron chi connectivity index (χ1n) is 8.72. The van der Waals surface area contributed by atoms with Crippen LogP contribution in [0.25, 0.3) is 0 Å². The smallest absolute Gasteiger partial charge is 0.355 e. The molecular weight excluding hydrogens is 381 g/mol. The predicted octanol–water partition coefficient (Wildman–Crippen LogP) is 4.11. The molecular formula is C18H18ClF3N4O. The number of nitrogens with zero attached hydrogens (tertiary/aromatic N) is 3. The molecule has 3 heterocycles. The van der Waals surface area contributed by atoms with Gasteiger partial charge in [0, 0.05) is 29.0 Å². The molecule has 2 aliphatic heterocycles. The van der Waals surface area contributed by atoms with Crippen LogP contribution in [0.5, 0.6) is 0 Å². The second-order valence-electron chi connectivity index (χ2n) is 6.68. The van der Waals surface area contributed by atoms with Crippen molar-refractivity contribution in [2.45, 2.75) is 24.6 Å². The van der Waals surface area contributed by atoms with E-state index < -0.39 is 11.8 Å². The highest BCUT2D eigenvalue weighted by Gasteiger charge is 2.62. The Morgan fingerprint density at radius 1 is 1.22 bits per heavy atom. The monoisotopic (exact) mass is 398 g/mol. The van der Waals surface area contributed by atoms with Crippen LogP contribution in [0.3, 0.4) is 0 Å². The molecule has 0 bridgehead atoms. The lowest BCUT2D eigenvalue weighted by Crippen LogP contribution is -2.49. The molecule has 0 radical (unpaired) electrons. The second kappa shape index (κ2) is 6.92. The molecule has 2 aromatic rings. The number of aromatic nitrogens is 2. The van der Waals surface area contributed by atoms with Gasteiger partial charge in [-0.1, -0.05) is 11.6 Å². The van der Waals surface area contributed by atoms with E-state index in [1.165, 1.54) is 24.5 Å². The van der Waals surface area contributed by atoms with E-state index in [9.17, 15) is 13.2 Å². The largest absolute Gasteiger partial charge is 0.426 e. The summed E-state index contributed by atoms with van der Waals surface area (Å²) in [5.41, 5.74) is -2.64. The average molecular weight is 399 g/mol. The Balaban J connectivity index is 1.80. The topological polar surface area (TPSA) is 50.3 Å². The molecule has 1 atom stereocenters. The number of nitrogens with one attached hydrogen (secondary N) is 1. The molecule has 144 valence electrons. The number of hydrogen-bond donors (Lipinski definition) is 1. The van der Waals surface area contributed by atoms with E-state index in [2.05, 4.69) is 20.2 Å². The van der Waals surface area contributed by atoms with Crippen LogP contribution in [0.15, 0.2) is 30.7 Å². The van der Waals surface area contributed by atoms with E-state index in [1.54, 1.807) is 0 Å². The zero-order chi connectivity index (χ0) is 19.1. The summed E-state index contributed by atoms with van der Waals surface area (Å²) in [4.78, 5) is 9.91. The van der Waals surface area contributed by atoms with Gasteiger partial charge in [0.15, 0.2) is 0 Å². The van der Waals surface area contributed by atoms with Gasteiger partial charge in [-0.15, -0.1) is 0 Å². The van der Waals surface area contributed by atoms with Gasteiger partial charge < -0.3 is 15.0 Å². The predicted molar refractivity (Wildman–Crippen MR) is 95.2 cm³/mol. The number of likely N-dealkylation sites (tertiary alicyclic amines) is 1. The summed E-state index contributed by atoms with van der Waals surface area (Å²) in [6.07, 6.45) is -0.244. The first kappa shape index (κ1) is 18.5. The van der Waals surface area contributed by atoms with E-state index in [-0.39, 0.29) is 34.3 Å². The maximum absolute atomic E-state index is 14.5. The van der Waals surface area contributed by atoms with Crippen molar-refractivity contribution >= 4 is 23.1 Å². The lowest BCUT2D eigenvalue weighted by atomic mass is 9.82. The van der Waals surface area contributed by atoms with Crippen LogP contribution in [0.2, 0.25) is 5.02 Å². The van der Waals surface area contributed by atoms with Crippen molar-refractivity contribution in [2.75, 3.05) is 31.6 Å². The molecule has 27 heavy (non-hydrogen) atoms. The van der Waals surface area contributed by atoms with E-state index in [0.717, 1.165) is 32.1 Å². The highest BCUT2D eigenvalue weighted by Crippen LogP contribution is 2.54. The number of fused-ring (bicyclic) bond motifs is 2. The average Bonchev–Trinajstić information content (AvgIpc) is 3.14. The van der Waals surface area contributed by atoms with E-state index in [1.807, 2.05) is 0 Å². The van der Waals surface area contributed by atoms with Crippen molar-refractivity contribution in [3.63, 3.8) is 0 Å². The Bertz CT molecular complexity index is 842. The van der Waals surface area contributed by atoms with E-state index >= 15 is 0 Å². The minimum Gasteiger partial charge on any atom is -0.355 e. The standard InChI is InChI=1S/C18H18ClF3N4O/c19-12-3-4-15-13(9-12)17(18(20,21)22,14-10-23-11-24-16(14)25-15)27-8-7-26-5-1-2-6-26/h3-4,9-11H,1-2,5-8H2,(H,23,24,25). The number of alkyl halides is 3. The maximum atomic E-state index is 14.5. The summed E-state index contributed by atoms with van der Waals surface area (Å²) in [5.74, 6) is 0.0818. The van der Waals surface area contributed by atoms with E-state index in [0.29, 0.717) is 6.54 Å². The fourth-order valence-electron chi connectivity index (χ4n) is 3.75. The number of hydrogen-bond acceptors (Lipinski definition) is 5. The van der Waals surface area contributed by atoms with Crippen molar-refractivity contribution in [3.05, 3.63) is 46.9 Å². The number of ether oxygens (including phenoxy) is 1. The van der Waals surface area contributed by atoms with Crippen LogP contribution in [-0.2, 0) is 10.3 Å². The molecule has 1 aromatic heterocycles. The Kier molecular flexibility index (Phi) is 4.73. The van der Waals surface area contributed by atoms with Crippen molar-refractivity contribution in [3.8, 4) is 0 Å². The molecule has 1 saturated heterocycles. The lowest BCUT2D eigenvalue weighted by Gasteiger charge is -2.41. The van der Waals surface area contributed by atoms with Gasteiger partial charge in [-0.2, -0.15) is 13.2 Å². The third kappa shape index (κ3) is 3.15. The van der Waals surface area contributed by atoms with Gasteiger partial charge in [0.1, 0.15) is 12.1 Å². The summed E-state index contributed by atoms with van der Waals surface area (Å²) in [5, 5.41) is 3.13. The van der Waals surface area contributed by atoms with Gasteiger partial charge in [-0.25, -0.2) is 9.97 Å². The Morgan fingerprint density at radius 2 is 2.00 bits per heavy atom. The maximum Gasteiger partial charge on any atom is 0.426 e. The molecule has 0 saturated carbocycles. The van der Waals surface area contributed by atoms with Crippen LogP contribution >= 0.6 is 11.6 Å². The van der Waals surface area contributed by atoms with Gasteiger partial charge in [-0.05, 0) is 44.1 Å². The van der Waals surface area contributed by atoms with Gasteiger partial charge in [0.25, 0.3) is 0 Å². The Labute approximate surface area is 159 Å². The molecule has 4 rings (SSSR count). The van der Waals surface area contributed by atoms with Crippen molar-refractivity contribution in [1.29, 1.82) is 0 Å². The molecule has 1 unspecified atom stereocenters. The van der Waals surface area contributed by atoms with E-state index in [4.69, 9.17) is 16.3 Å². The third-order valence-corrected chi connectivity index (χ3v) is 5.26. The molecule has 0 spiro atoms.